The van der Waals surface area contributed by atoms with E-state index in [1.54, 1.807) is 24.3 Å². The molecule has 0 fully saturated rings. The van der Waals surface area contributed by atoms with Crippen LogP contribution in [0.5, 0.6) is 11.5 Å². The van der Waals surface area contributed by atoms with Gasteiger partial charge in [-0.25, -0.2) is 4.39 Å². The van der Waals surface area contributed by atoms with Crippen LogP contribution in [0.2, 0.25) is 0 Å². The number of rotatable bonds is 5. The van der Waals surface area contributed by atoms with Gasteiger partial charge >= 0.3 is 6.18 Å². The number of nitrogens with one attached hydrogen (secondary N) is 1. The fourth-order valence-electron chi connectivity index (χ4n) is 2.86. The number of alkyl halides is 3. The molecule has 0 spiro atoms. The highest BCUT2D eigenvalue weighted by Gasteiger charge is 2.31. The molecule has 1 N–H and O–H groups in total. The summed E-state index contributed by atoms with van der Waals surface area (Å²) in [6.07, 6.45) is -4.56. The summed E-state index contributed by atoms with van der Waals surface area (Å²) in [5.74, 6) is 0.413. The lowest BCUT2D eigenvalue weighted by Crippen LogP contribution is -2.08. The van der Waals surface area contributed by atoms with Crippen LogP contribution in [0.25, 0.3) is 0 Å². The number of anilines is 1. The molecule has 2 nitrogen and oxygen atoms in total. The van der Waals surface area contributed by atoms with Crippen molar-refractivity contribution in [2.45, 2.75) is 26.6 Å². The van der Waals surface area contributed by atoms with Crippen LogP contribution in [0.15, 0.2) is 60.7 Å². The summed E-state index contributed by atoms with van der Waals surface area (Å²) in [6, 6.07) is 15.5. The molecule has 3 rings (SSSR count). The number of ether oxygens (including phenoxy) is 1. The topological polar surface area (TPSA) is 21.3 Å². The Morgan fingerprint density at radius 1 is 0.857 bits per heavy atom. The minimum absolute atomic E-state index is 0.0526. The Kier molecular flexibility index (Phi) is 5.58. The zero-order valence-corrected chi connectivity index (χ0v) is 15.4. The Morgan fingerprint density at radius 3 is 2.21 bits per heavy atom. The molecule has 3 aromatic carbocycles. The van der Waals surface area contributed by atoms with E-state index in [2.05, 4.69) is 5.32 Å². The summed E-state index contributed by atoms with van der Waals surface area (Å²) < 4.78 is 57.7. The average Bonchev–Trinajstić information content (AvgIpc) is 2.59. The molecule has 0 aliphatic carbocycles. The molecule has 0 heterocycles. The highest BCUT2D eigenvalue weighted by molar-refractivity contribution is 5.50. The third kappa shape index (κ3) is 5.03. The van der Waals surface area contributed by atoms with Gasteiger partial charge in [-0.3, -0.25) is 0 Å². The van der Waals surface area contributed by atoms with E-state index in [0.29, 0.717) is 23.3 Å². The second-order valence-corrected chi connectivity index (χ2v) is 6.61. The summed E-state index contributed by atoms with van der Waals surface area (Å²) in [7, 11) is 0. The number of benzene rings is 3. The molecule has 0 radical (unpaired) electrons. The van der Waals surface area contributed by atoms with Gasteiger partial charge in [0.1, 0.15) is 17.3 Å². The van der Waals surface area contributed by atoms with Crippen LogP contribution in [-0.2, 0) is 12.7 Å². The van der Waals surface area contributed by atoms with E-state index in [1.165, 1.54) is 0 Å². The van der Waals surface area contributed by atoms with Crippen molar-refractivity contribution < 1.29 is 22.3 Å². The van der Waals surface area contributed by atoms with E-state index in [9.17, 15) is 17.6 Å². The minimum Gasteiger partial charge on any atom is -0.457 e. The number of aryl methyl sites for hydroxylation is 2. The van der Waals surface area contributed by atoms with E-state index in [4.69, 9.17) is 4.74 Å². The summed E-state index contributed by atoms with van der Waals surface area (Å²) in [5.41, 5.74) is 1.98. The Labute approximate surface area is 160 Å². The lowest BCUT2D eigenvalue weighted by molar-refractivity contribution is -0.137. The van der Waals surface area contributed by atoms with Gasteiger partial charge in [0, 0.05) is 23.9 Å². The Morgan fingerprint density at radius 2 is 1.57 bits per heavy atom. The van der Waals surface area contributed by atoms with E-state index in [1.807, 2.05) is 32.0 Å². The molecule has 3 aromatic rings. The van der Waals surface area contributed by atoms with Crippen LogP contribution in [0.1, 0.15) is 22.3 Å². The molecule has 0 amide bonds. The molecule has 6 heteroatoms. The van der Waals surface area contributed by atoms with Gasteiger partial charge in [-0.1, -0.05) is 18.2 Å². The molecule has 0 saturated carbocycles. The first kappa shape index (κ1) is 19.7. The van der Waals surface area contributed by atoms with E-state index in [-0.39, 0.29) is 12.1 Å². The second-order valence-electron chi connectivity index (χ2n) is 6.61. The SMILES string of the molecule is Cc1cc(C)cc(Oc2cccc(NCc3ccc(C(F)(F)F)cc3F)c2)c1. The summed E-state index contributed by atoms with van der Waals surface area (Å²) >= 11 is 0. The number of hydrogen-bond donors (Lipinski definition) is 1. The molecule has 0 bridgehead atoms. The molecule has 0 aliphatic heterocycles. The summed E-state index contributed by atoms with van der Waals surface area (Å²) in [6.45, 7) is 4.02. The van der Waals surface area contributed by atoms with Crippen LogP contribution in [0.4, 0.5) is 23.2 Å². The lowest BCUT2D eigenvalue weighted by atomic mass is 10.1. The molecule has 0 atom stereocenters. The molecule has 146 valence electrons. The van der Waals surface area contributed by atoms with Crippen molar-refractivity contribution in [3.63, 3.8) is 0 Å². The van der Waals surface area contributed by atoms with Gasteiger partial charge in [-0.15, -0.1) is 0 Å². The standard InChI is InChI=1S/C22H19F4NO/c1-14-8-15(2)10-20(9-14)28-19-5-3-4-18(12-19)27-13-16-6-7-17(11-21(16)23)22(24,25)26/h3-12,27H,13H2,1-2H3. The van der Waals surface area contributed by atoms with Gasteiger partial charge in [0.15, 0.2) is 0 Å². The maximum atomic E-state index is 14.0. The van der Waals surface area contributed by atoms with Crippen molar-refractivity contribution in [1.82, 2.24) is 0 Å². The lowest BCUT2D eigenvalue weighted by Gasteiger charge is -2.12. The first-order chi connectivity index (χ1) is 13.2. The number of halogens is 4. The zero-order chi connectivity index (χ0) is 20.3. The van der Waals surface area contributed by atoms with E-state index >= 15 is 0 Å². The third-order valence-electron chi connectivity index (χ3n) is 4.13. The third-order valence-corrected chi connectivity index (χ3v) is 4.13. The minimum atomic E-state index is -4.56. The largest absolute Gasteiger partial charge is 0.457 e. The molecule has 0 aromatic heterocycles. The van der Waals surface area contributed by atoms with Crippen LogP contribution >= 0.6 is 0 Å². The Hall–Kier alpha value is -3.02. The second kappa shape index (κ2) is 7.92. The summed E-state index contributed by atoms with van der Waals surface area (Å²) in [4.78, 5) is 0. The van der Waals surface area contributed by atoms with Gasteiger partial charge in [-0.2, -0.15) is 13.2 Å². The van der Waals surface area contributed by atoms with Gasteiger partial charge in [0.25, 0.3) is 0 Å². The van der Waals surface area contributed by atoms with Crippen LogP contribution in [0.3, 0.4) is 0 Å². The van der Waals surface area contributed by atoms with Gasteiger partial charge in [-0.05, 0) is 61.4 Å². The first-order valence-electron chi connectivity index (χ1n) is 8.66. The van der Waals surface area contributed by atoms with Crippen molar-refractivity contribution in [1.29, 1.82) is 0 Å². The predicted octanol–water partition coefficient (Wildman–Crippen LogP) is 6.87. The highest BCUT2D eigenvalue weighted by atomic mass is 19.4. The molecule has 0 saturated heterocycles. The van der Waals surface area contributed by atoms with Gasteiger partial charge < -0.3 is 10.1 Å². The normalized spacial score (nSPS) is 11.4. The van der Waals surface area contributed by atoms with Crippen molar-refractivity contribution >= 4 is 5.69 Å². The highest BCUT2D eigenvalue weighted by Crippen LogP contribution is 2.30. The zero-order valence-electron chi connectivity index (χ0n) is 15.4. The Balaban J connectivity index is 1.70. The smallest absolute Gasteiger partial charge is 0.416 e. The molecule has 0 unspecified atom stereocenters. The molecule has 0 aliphatic rings. The molecule has 28 heavy (non-hydrogen) atoms. The maximum absolute atomic E-state index is 14.0. The summed E-state index contributed by atoms with van der Waals surface area (Å²) in [5, 5.41) is 3.01. The van der Waals surface area contributed by atoms with Crippen LogP contribution < -0.4 is 10.1 Å². The van der Waals surface area contributed by atoms with E-state index in [0.717, 1.165) is 23.3 Å². The van der Waals surface area contributed by atoms with Crippen molar-refractivity contribution in [2.24, 2.45) is 0 Å². The van der Waals surface area contributed by atoms with Crippen molar-refractivity contribution in [2.75, 3.05) is 5.32 Å². The van der Waals surface area contributed by atoms with Crippen molar-refractivity contribution in [3.05, 3.63) is 88.7 Å². The predicted molar refractivity (Wildman–Crippen MR) is 101 cm³/mol. The molecular formula is C22H19F4NO. The quantitative estimate of drug-likeness (QED) is 0.481. The number of hydrogen-bond acceptors (Lipinski definition) is 2. The monoisotopic (exact) mass is 389 g/mol. The van der Waals surface area contributed by atoms with Crippen molar-refractivity contribution in [3.8, 4) is 11.5 Å². The fourth-order valence-corrected chi connectivity index (χ4v) is 2.86. The van der Waals surface area contributed by atoms with E-state index < -0.39 is 17.6 Å². The first-order valence-corrected chi connectivity index (χ1v) is 8.66. The average molecular weight is 389 g/mol. The maximum Gasteiger partial charge on any atom is 0.416 e. The van der Waals surface area contributed by atoms with Crippen LogP contribution in [0, 0.1) is 19.7 Å². The van der Waals surface area contributed by atoms with Gasteiger partial charge in [0.2, 0.25) is 0 Å². The Bertz CT molecular complexity index is 962. The van der Waals surface area contributed by atoms with Crippen LogP contribution in [-0.4, -0.2) is 0 Å². The molecular weight excluding hydrogens is 370 g/mol. The fraction of sp³-hybridized carbons (Fsp3) is 0.182. The van der Waals surface area contributed by atoms with Gasteiger partial charge in [0.05, 0.1) is 5.56 Å².